The third-order valence-corrected chi connectivity index (χ3v) is 8.52. The summed E-state index contributed by atoms with van der Waals surface area (Å²) in [5.41, 5.74) is 6.08. The van der Waals surface area contributed by atoms with Gasteiger partial charge in [-0.3, -0.25) is 4.90 Å². The van der Waals surface area contributed by atoms with Crippen LogP contribution in [0.5, 0.6) is 0 Å². The number of nitrogens with zero attached hydrogens (tertiary/aromatic N) is 5. The van der Waals surface area contributed by atoms with Gasteiger partial charge >= 0.3 is 0 Å². The zero-order valence-corrected chi connectivity index (χ0v) is 31.3. The van der Waals surface area contributed by atoms with Gasteiger partial charge in [-0.15, -0.1) is 0 Å². The van der Waals surface area contributed by atoms with Crippen molar-refractivity contribution in [3.8, 4) is 0 Å². The van der Waals surface area contributed by atoms with Crippen LogP contribution in [0.2, 0.25) is 0 Å². The van der Waals surface area contributed by atoms with Crippen LogP contribution in [0, 0.1) is 0 Å². The molecule has 3 unspecified atom stereocenters. The van der Waals surface area contributed by atoms with Crippen molar-refractivity contribution >= 4 is 0 Å². The number of imidazole rings is 2. The molecule has 4 heterocycles. The molecule has 2 saturated heterocycles. The number of nitrogens with two attached hydrogens (primary N) is 1. The second kappa shape index (κ2) is 27.5. The van der Waals surface area contributed by atoms with Crippen molar-refractivity contribution in [3.63, 3.8) is 0 Å². The second-order valence-corrected chi connectivity index (χ2v) is 13.0. The van der Waals surface area contributed by atoms with Gasteiger partial charge in [0.05, 0.1) is 157 Å². The number of hydrogen-bond acceptors (Lipinski definition) is 14. The molecule has 2 aromatic heterocycles. The van der Waals surface area contributed by atoms with Crippen molar-refractivity contribution in [2.45, 2.75) is 70.6 Å². The monoisotopic (exact) mass is 740 g/mol. The first-order valence-electron chi connectivity index (χ1n) is 19.0. The predicted molar refractivity (Wildman–Crippen MR) is 192 cm³/mol. The third-order valence-electron chi connectivity index (χ3n) is 8.52. The highest BCUT2D eigenvalue weighted by atomic mass is 16.6. The molecule has 3 atom stereocenters. The van der Waals surface area contributed by atoms with Crippen LogP contribution in [0.25, 0.3) is 0 Å². The fraction of sp³-hybridized carbons (Fsp3) is 0.833. The van der Waals surface area contributed by atoms with Gasteiger partial charge in [0.25, 0.3) is 0 Å². The minimum atomic E-state index is -0.173. The quantitative estimate of drug-likeness (QED) is 0.295. The van der Waals surface area contributed by atoms with E-state index in [1.54, 1.807) is 0 Å². The Morgan fingerprint density at radius 1 is 0.596 bits per heavy atom. The lowest BCUT2D eigenvalue weighted by Crippen LogP contribution is -2.32. The van der Waals surface area contributed by atoms with Crippen LogP contribution in [0.4, 0.5) is 0 Å². The molecule has 2 fully saturated rings. The molecular weight excluding hydrogens is 676 g/mol. The summed E-state index contributed by atoms with van der Waals surface area (Å²) in [4.78, 5) is 12.0. The molecule has 16 heteroatoms. The normalized spacial score (nSPS) is 22.9. The molecule has 2 aliphatic heterocycles. The van der Waals surface area contributed by atoms with Crippen LogP contribution in [-0.2, 0) is 73.5 Å². The molecule has 298 valence electrons. The Bertz CT molecular complexity index is 1030. The standard InChI is InChI=1S/C36H64N6O10/c1-32(37)4-2-3-7-40(28-35-38-5-8-41(35)26-33-30-49-20-18-45-12-10-43-14-16-47-22-24-51-33)29-36-39-6-9-42(36)27-34-31-50-21-19-46-13-11-44-15-17-48-23-25-52-34/h5-6,8-9,32-34H,2-4,7,10-31,37H2,1H3. The van der Waals surface area contributed by atoms with E-state index in [-0.39, 0.29) is 18.2 Å². The van der Waals surface area contributed by atoms with E-state index in [0.717, 1.165) is 37.5 Å². The van der Waals surface area contributed by atoms with Crippen LogP contribution in [-0.4, -0.2) is 168 Å². The Hall–Kier alpha value is -2.06. The first-order chi connectivity index (χ1) is 25.7. The summed E-state index contributed by atoms with van der Waals surface area (Å²) < 4.78 is 62.3. The second-order valence-electron chi connectivity index (χ2n) is 13.0. The van der Waals surface area contributed by atoms with Crippen LogP contribution in [0.15, 0.2) is 24.8 Å². The van der Waals surface area contributed by atoms with Gasteiger partial charge in [0.15, 0.2) is 0 Å². The molecule has 0 saturated carbocycles. The molecule has 0 spiro atoms. The van der Waals surface area contributed by atoms with E-state index in [2.05, 4.69) is 21.0 Å². The summed E-state index contributed by atoms with van der Waals surface area (Å²) in [5, 5.41) is 0. The minimum Gasteiger partial charge on any atom is -0.377 e. The van der Waals surface area contributed by atoms with Crippen LogP contribution in [0.3, 0.4) is 0 Å². The molecular formula is C36H64N6O10. The molecule has 52 heavy (non-hydrogen) atoms. The number of aromatic nitrogens is 4. The van der Waals surface area contributed by atoms with E-state index < -0.39 is 0 Å². The number of ether oxygens (including phenoxy) is 10. The Morgan fingerprint density at radius 3 is 1.38 bits per heavy atom. The van der Waals surface area contributed by atoms with Crippen LogP contribution in [0.1, 0.15) is 37.8 Å². The van der Waals surface area contributed by atoms with Gasteiger partial charge in [-0.2, -0.15) is 0 Å². The maximum atomic E-state index is 6.23. The van der Waals surface area contributed by atoms with Crippen molar-refractivity contribution in [1.29, 1.82) is 0 Å². The average molecular weight is 741 g/mol. The molecule has 0 amide bonds. The van der Waals surface area contributed by atoms with Gasteiger partial charge in [0.1, 0.15) is 11.6 Å². The number of hydrogen-bond donors (Lipinski definition) is 1. The predicted octanol–water partition coefficient (Wildman–Crippen LogP) is 1.53. The number of rotatable bonds is 13. The van der Waals surface area contributed by atoms with Crippen molar-refractivity contribution in [1.82, 2.24) is 24.0 Å². The average Bonchev–Trinajstić information content (AvgIpc) is 3.76. The minimum absolute atomic E-state index is 0.173. The fourth-order valence-corrected chi connectivity index (χ4v) is 5.77. The lowest BCUT2D eigenvalue weighted by Gasteiger charge is -2.25. The van der Waals surface area contributed by atoms with E-state index in [1.165, 1.54) is 0 Å². The largest absolute Gasteiger partial charge is 0.377 e. The Labute approximate surface area is 309 Å². The van der Waals surface area contributed by atoms with Gasteiger partial charge in [0, 0.05) is 30.8 Å². The lowest BCUT2D eigenvalue weighted by molar-refractivity contribution is -0.0521. The molecule has 0 bridgehead atoms. The first-order valence-corrected chi connectivity index (χ1v) is 19.0. The van der Waals surface area contributed by atoms with E-state index in [4.69, 9.17) is 63.1 Å². The lowest BCUT2D eigenvalue weighted by atomic mass is 10.1. The van der Waals surface area contributed by atoms with E-state index in [9.17, 15) is 0 Å². The summed E-state index contributed by atoms with van der Waals surface area (Å²) in [5.74, 6) is 1.90. The van der Waals surface area contributed by atoms with Gasteiger partial charge in [0.2, 0.25) is 0 Å². The Kier molecular flexibility index (Phi) is 22.6. The van der Waals surface area contributed by atoms with Gasteiger partial charge in [-0.1, -0.05) is 6.42 Å². The van der Waals surface area contributed by atoms with Crippen LogP contribution < -0.4 is 5.73 Å². The summed E-state index contributed by atoms with van der Waals surface area (Å²) in [6, 6.07) is 0.180. The Morgan fingerprint density at radius 2 is 0.981 bits per heavy atom. The zero-order valence-electron chi connectivity index (χ0n) is 31.3. The maximum Gasteiger partial charge on any atom is 0.122 e. The van der Waals surface area contributed by atoms with Gasteiger partial charge in [-0.25, -0.2) is 9.97 Å². The van der Waals surface area contributed by atoms with Crippen molar-refractivity contribution in [3.05, 3.63) is 36.4 Å². The zero-order chi connectivity index (χ0) is 36.3. The summed E-state index contributed by atoms with van der Waals surface area (Å²) in [6.07, 6.45) is 10.4. The molecule has 2 aromatic rings. The smallest absolute Gasteiger partial charge is 0.122 e. The van der Waals surface area contributed by atoms with Gasteiger partial charge < -0.3 is 62.2 Å². The first kappa shape index (κ1) is 42.7. The molecule has 0 radical (unpaired) electrons. The molecule has 0 aliphatic carbocycles. The van der Waals surface area contributed by atoms with Crippen molar-refractivity contribution in [2.24, 2.45) is 5.73 Å². The van der Waals surface area contributed by atoms with E-state index in [0.29, 0.717) is 145 Å². The Balaban J connectivity index is 1.38. The molecule has 2 N–H and O–H groups in total. The number of unbranched alkanes of at least 4 members (excludes halogenated alkanes) is 1. The summed E-state index contributed by atoms with van der Waals surface area (Å²) in [7, 11) is 0. The molecule has 16 nitrogen and oxygen atoms in total. The summed E-state index contributed by atoms with van der Waals surface area (Å²) in [6.45, 7) is 14.5. The molecule has 4 rings (SSSR count). The summed E-state index contributed by atoms with van der Waals surface area (Å²) >= 11 is 0. The fourth-order valence-electron chi connectivity index (χ4n) is 5.77. The molecule has 2 aliphatic rings. The highest BCUT2D eigenvalue weighted by Gasteiger charge is 2.19. The van der Waals surface area contributed by atoms with Gasteiger partial charge in [-0.05, 0) is 26.3 Å². The van der Waals surface area contributed by atoms with Crippen LogP contribution >= 0.6 is 0 Å². The third kappa shape index (κ3) is 18.8. The SMILES string of the molecule is CC(N)CCCCN(Cc1nccn1CC1COCCOCCOCCOCCO1)Cc1nccn1CC1COCCOCCOCCOCCO1. The molecule has 0 aromatic carbocycles. The topological polar surface area (TPSA) is 157 Å². The highest BCUT2D eigenvalue weighted by Crippen LogP contribution is 2.14. The van der Waals surface area contributed by atoms with Crippen molar-refractivity contribution < 1.29 is 47.4 Å². The van der Waals surface area contributed by atoms with Crippen molar-refractivity contribution in [2.75, 3.05) is 125 Å². The maximum absolute atomic E-state index is 6.23. The highest BCUT2D eigenvalue weighted by molar-refractivity contribution is 4.97. The van der Waals surface area contributed by atoms with E-state index >= 15 is 0 Å². The van der Waals surface area contributed by atoms with E-state index in [1.807, 2.05) is 24.8 Å².